The van der Waals surface area contributed by atoms with Gasteiger partial charge < -0.3 is 5.11 Å². The van der Waals surface area contributed by atoms with E-state index in [0.29, 0.717) is 11.3 Å². The first-order chi connectivity index (χ1) is 7.01. The zero-order chi connectivity index (χ0) is 11.1. The van der Waals surface area contributed by atoms with E-state index in [0.717, 1.165) is 32.1 Å². The number of carbonyl (C=O) groups is 1. The Balaban J connectivity index is 2.28. The molecule has 2 nitrogen and oxygen atoms in total. The normalized spacial score (nSPS) is 40.5. The lowest BCUT2D eigenvalue weighted by molar-refractivity contribution is -0.160. The Morgan fingerprint density at radius 3 is 2.07 bits per heavy atom. The molecule has 86 valence electrons. The SMILES string of the molecule is CC(C)C12CCCC(C(=O)O)(CCC1)C2. The number of hydrogen-bond donors (Lipinski definition) is 1. The monoisotopic (exact) mass is 210 g/mol. The van der Waals surface area contributed by atoms with Crippen LogP contribution in [0.3, 0.4) is 0 Å². The molecule has 0 amide bonds. The van der Waals surface area contributed by atoms with Crippen LogP contribution in [0.25, 0.3) is 0 Å². The maximum Gasteiger partial charge on any atom is 0.309 e. The summed E-state index contributed by atoms with van der Waals surface area (Å²) in [4.78, 5) is 11.5. The number of hydrogen-bond acceptors (Lipinski definition) is 1. The van der Waals surface area contributed by atoms with Gasteiger partial charge in [0.1, 0.15) is 0 Å². The third-order valence-electron chi connectivity index (χ3n) is 5.03. The molecule has 2 saturated carbocycles. The first-order valence-electron chi connectivity index (χ1n) is 6.24. The molecule has 2 fully saturated rings. The van der Waals surface area contributed by atoms with Gasteiger partial charge in [0.2, 0.25) is 0 Å². The molecule has 2 rings (SSSR count). The van der Waals surface area contributed by atoms with Crippen molar-refractivity contribution in [1.29, 1.82) is 0 Å². The average molecular weight is 210 g/mol. The largest absolute Gasteiger partial charge is 0.481 e. The lowest BCUT2D eigenvalue weighted by Gasteiger charge is -2.52. The van der Waals surface area contributed by atoms with Crippen LogP contribution in [0.2, 0.25) is 0 Å². The first kappa shape index (κ1) is 11.0. The molecule has 0 unspecified atom stereocenters. The highest BCUT2D eigenvalue weighted by Crippen LogP contribution is 2.58. The van der Waals surface area contributed by atoms with Gasteiger partial charge >= 0.3 is 5.97 Å². The van der Waals surface area contributed by atoms with Gasteiger partial charge in [0.15, 0.2) is 0 Å². The Labute approximate surface area is 92.1 Å². The lowest BCUT2D eigenvalue weighted by atomic mass is 9.51. The number of carboxylic acids is 1. The van der Waals surface area contributed by atoms with Crippen LogP contribution in [0.15, 0.2) is 0 Å². The number of rotatable bonds is 2. The van der Waals surface area contributed by atoms with Crippen molar-refractivity contribution in [3.05, 3.63) is 0 Å². The summed E-state index contributed by atoms with van der Waals surface area (Å²) in [5.41, 5.74) is -0.0182. The molecule has 0 atom stereocenters. The van der Waals surface area contributed by atoms with Gasteiger partial charge in [-0.1, -0.05) is 26.7 Å². The molecule has 2 bridgehead atoms. The Morgan fingerprint density at radius 1 is 1.13 bits per heavy atom. The van der Waals surface area contributed by atoms with E-state index in [1.807, 2.05) is 0 Å². The van der Waals surface area contributed by atoms with Crippen molar-refractivity contribution in [3.8, 4) is 0 Å². The van der Waals surface area contributed by atoms with E-state index in [2.05, 4.69) is 13.8 Å². The molecule has 0 aromatic heterocycles. The van der Waals surface area contributed by atoms with Gasteiger partial charge in [0, 0.05) is 0 Å². The molecular weight excluding hydrogens is 188 g/mol. The predicted octanol–water partition coefficient (Wildman–Crippen LogP) is 3.46. The van der Waals surface area contributed by atoms with Crippen LogP contribution in [-0.4, -0.2) is 11.1 Å². The van der Waals surface area contributed by atoms with Crippen molar-refractivity contribution in [3.63, 3.8) is 0 Å². The third-order valence-corrected chi connectivity index (χ3v) is 5.03. The van der Waals surface area contributed by atoms with Crippen LogP contribution in [-0.2, 0) is 4.79 Å². The molecule has 1 N–H and O–H groups in total. The molecule has 0 spiro atoms. The van der Waals surface area contributed by atoms with Gasteiger partial charge in [0.05, 0.1) is 5.41 Å². The van der Waals surface area contributed by atoms with Crippen molar-refractivity contribution in [2.45, 2.75) is 58.8 Å². The second kappa shape index (κ2) is 3.50. The lowest BCUT2D eigenvalue weighted by Crippen LogP contribution is -2.47. The van der Waals surface area contributed by atoms with Crippen LogP contribution >= 0.6 is 0 Å². The Bertz CT molecular complexity index is 258. The standard InChI is InChI=1S/C13H22O2/c1-10(2)12-5-3-7-13(9-12,11(14)15)8-4-6-12/h10H,3-9H2,1-2H3,(H,14,15). The maximum absolute atomic E-state index is 11.5. The summed E-state index contributed by atoms with van der Waals surface area (Å²) in [6, 6.07) is 0. The Hall–Kier alpha value is -0.530. The summed E-state index contributed by atoms with van der Waals surface area (Å²) in [5, 5.41) is 9.44. The summed E-state index contributed by atoms with van der Waals surface area (Å²) in [7, 11) is 0. The Kier molecular flexibility index (Phi) is 2.56. The molecule has 2 aliphatic rings. The van der Waals surface area contributed by atoms with Crippen LogP contribution in [0, 0.1) is 16.7 Å². The van der Waals surface area contributed by atoms with E-state index in [1.54, 1.807) is 0 Å². The summed E-state index contributed by atoms with van der Waals surface area (Å²) in [5.74, 6) is 0.101. The van der Waals surface area contributed by atoms with Crippen molar-refractivity contribution in [2.24, 2.45) is 16.7 Å². The average Bonchev–Trinajstić information content (AvgIpc) is 2.17. The van der Waals surface area contributed by atoms with Crippen LogP contribution in [0.1, 0.15) is 58.8 Å². The topological polar surface area (TPSA) is 37.3 Å². The van der Waals surface area contributed by atoms with Crippen LogP contribution in [0.4, 0.5) is 0 Å². The molecule has 0 radical (unpaired) electrons. The van der Waals surface area contributed by atoms with Gasteiger partial charge in [-0.25, -0.2) is 0 Å². The predicted molar refractivity (Wildman–Crippen MR) is 59.7 cm³/mol. The van der Waals surface area contributed by atoms with Gasteiger partial charge in [0.25, 0.3) is 0 Å². The summed E-state index contributed by atoms with van der Waals surface area (Å²) >= 11 is 0. The van der Waals surface area contributed by atoms with Gasteiger partial charge in [-0.3, -0.25) is 4.79 Å². The second-order valence-electron chi connectivity index (χ2n) is 5.99. The smallest absolute Gasteiger partial charge is 0.309 e. The minimum Gasteiger partial charge on any atom is -0.481 e. The molecule has 2 heteroatoms. The maximum atomic E-state index is 11.5. The minimum absolute atomic E-state index is 0.342. The molecule has 0 aromatic carbocycles. The zero-order valence-electron chi connectivity index (χ0n) is 9.88. The highest BCUT2D eigenvalue weighted by molar-refractivity contribution is 5.75. The molecule has 15 heavy (non-hydrogen) atoms. The van der Waals surface area contributed by atoms with E-state index in [4.69, 9.17) is 0 Å². The molecule has 2 aliphatic carbocycles. The van der Waals surface area contributed by atoms with E-state index in [9.17, 15) is 9.90 Å². The summed E-state index contributed by atoms with van der Waals surface area (Å²) in [6.45, 7) is 4.53. The first-order valence-corrected chi connectivity index (χ1v) is 6.24. The molecule has 0 saturated heterocycles. The number of carboxylic acid groups (broad SMARTS) is 1. The van der Waals surface area contributed by atoms with E-state index in [1.165, 1.54) is 12.8 Å². The quantitative estimate of drug-likeness (QED) is 0.758. The fourth-order valence-corrected chi connectivity index (χ4v) is 3.91. The van der Waals surface area contributed by atoms with Crippen molar-refractivity contribution in [1.82, 2.24) is 0 Å². The summed E-state index contributed by atoms with van der Waals surface area (Å²) < 4.78 is 0. The van der Waals surface area contributed by atoms with Gasteiger partial charge in [-0.15, -0.1) is 0 Å². The Morgan fingerprint density at radius 2 is 1.67 bits per heavy atom. The van der Waals surface area contributed by atoms with Crippen LogP contribution < -0.4 is 0 Å². The molecule has 0 heterocycles. The van der Waals surface area contributed by atoms with E-state index >= 15 is 0 Å². The van der Waals surface area contributed by atoms with Gasteiger partial charge in [-0.2, -0.15) is 0 Å². The van der Waals surface area contributed by atoms with Crippen LogP contribution in [0.5, 0.6) is 0 Å². The van der Waals surface area contributed by atoms with Crippen molar-refractivity contribution >= 4 is 5.97 Å². The second-order valence-corrected chi connectivity index (χ2v) is 5.99. The molecule has 0 aliphatic heterocycles. The molecule has 0 aromatic rings. The zero-order valence-corrected chi connectivity index (χ0v) is 9.88. The minimum atomic E-state index is -0.535. The van der Waals surface area contributed by atoms with E-state index < -0.39 is 5.97 Å². The number of aliphatic carboxylic acids is 1. The highest BCUT2D eigenvalue weighted by Gasteiger charge is 2.52. The van der Waals surface area contributed by atoms with Crippen molar-refractivity contribution in [2.75, 3.05) is 0 Å². The van der Waals surface area contributed by atoms with Crippen molar-refractivity contribution < 1.29 is 9.90 Å². The van der Waals surface area contributed by atoms with E-state index in [-0.39, 0.29) is 5.41 Å². The molecular formula is C13H22O2. The number of fused-ring (bicyclic) bond motifs is 2. The fraction of sp³-hybridized carbons (Fsp3) is 0.923. The third kappa shape index (κ3) is 1.58. The fourth-order valence-electron chi connectivity index (χ4n) is 3.91. The highest BCUT2D eigenvalue weighted by atomic mass is 16.4. The summed E-state index contributed by atoms with van der Waals surface area (Å²) in [6.07, 6.45) is 7.49. The van der Waals surface area contributed by atoms with Gasteiger partial charge in [-0.05, 0) is 43.4 Å².